The van der Waals surface area contributed by atoms with Gasteiger partial charge in [0, 0.05) is 13.0 Å². The molecule has 62 heavy (non-hydrogen) atoms. The summed E-state index contributed by atoms with van der Waals surface area (Å²) in [5, 5.41) is 30.7. The van der Waals surface area contributed by atoms with Crippen LogP contribution in [0.1, 0.15) is 206 Å². The Morgan fingerprint density at radius 1 is 0.613 bits per heavy atom. The third-order valence-corrected chi connectivity index (χ3v) is 11.7. The van der Waals surface area contributed by atoms with Crippen molar-refractivity contribution in [2.45, 2.75) is 243 Å². The molecular formula is C49H90O12S. The molecule has 0 saturated carbocycles. The maximum atomic E-state index is 12.8. The van der Waals surface area contributed by atoms with Crippen LogP contribution in [0.5, 0.6) is 0 Å². The van der Waals surface area contributed by atoms with E-state index in [-0.39, 0.29) is 19.6 Å². The van der Waals surface area contributed by atoms with Gasteiger partial charge in [0.15, 0.2) is 6.29 Å². The van der Waals surface area contributed by atoms with Gasteiger partial charge in [-0.15, -0.1) is 0 Å². The van der Waals surface area contributed by atoms with E-state index in [1.165, 1.54) is 116 Å². The molecule has 0 aliphatic carbocycles. The van der Waals surface area contributed by atoms with Crippen LogP contribution < -0.4 is 0 Å². The van der Waals surface area contributed by atoms with Crippen LogP contribution in [-0.2, 0) is 38.3 Å². The topological polar surface area (TPSA) is 178 Å². The molecule has 13 heteroatoms. The van der Waals surface area contributed by atoms with Crippen LogP contribution in [0.3, 0.4) is 0 Å². The SMILES string of the molecule is CCCCCC/C=C\CCCCCCCC(=O)OC(COCCCCCCCCCCCC/C=C\C/C=C\CCCCCCC)COC1OC(CO)C(O)C(OS(=O)(=O)O)C1O. The first-order chi connectivity index (χ1) is 30.1. The number of aliphatic hydroxyl groups excluding tert-OH is 3. The summed E-state index contributed by atoms with van der Waals surface area (Å²) in [6, 6.07) is 0. The number of unbranched alkanes of at least 4 members (excludes halogenated alkanes) is 24. The van der Waals surface area contributed by atoms with Crippen LogP contribution >= 0.6 is 0 Å². The van der Waals surface area contributed by atoms with E-state index in [1.807, 2.05) is 0 Å². The Bertz CT molecular complexity index is 1230. The molecule has 6 unspecified atom stereocenters. The molecule has 1 rings (SSSR count). The van der Waals surface area contributed by atoms with Gasteiger partial charge in [0.2, 0.25) is 0 Å². The summed E-state index contributed by atoms with van der Waals surface area (Å²) < 4.78 is 59.1. The Morgan fingerprint density at radius 3 is 1.56 bits per heavy atom. The van der Waals surface area contributed by atoms with E-state index in [1.54, 1.807) is 0 Å². The Hall–Kier alpha value is -1.68. The van der Waals surface area contributed by atoms with Gasteiger partial charge in [0.25, 0.3) is 0 Å². The Balaban J connectivity index is 2.35. The molecule has 0 aromatic heterocycles. The largest absolute Gasteiger partial charge is 0.457 e. The van der Waals surface area contributed by atoms with Crippen molar-refractivity contribution in [3.63, 3.8) is 0 Å². The van der Waals surface area contributed by atoms with Gasteiger partial charge in [0.05, 0.1) is 19.8 Å². The summed E-state index contributed by atoms with van der Waals surface area (Å²) in [7, 11) is -5.06. The fourth-order valence-electron chi connectivity index (χ4n) is 7.46. The number of hydrogen-bond acceptors (Lipinski definition) is 11. The molecule has 1 heterocycles. The second-order valence-electron chi connectivity index (χ2n) is 17.0. The minimum atomic E-state index is -5.06. The lowest BCUT2D eigenvalue weighted by Gasteiger charge is -2.41. The van der Waals surface area contributed by atoms with Gasteiger partial charge in [0.1, 0.15) is 30.5 Å². The Kier molecular flexibility index (Phi) is 38.4. The molecule has 1 fully saturated rings. The second kappa shape index (κ2) is 40.8. The first-order valence-electron chi connectivity index (χ1n) is 24.7. The monoisotopic (exact) mass is 903 g/mol. The third kappa shape index (κ3) is 33.8. The summed E-state index contributed by atoms with van der Waals surface area (Å²) in [5.74, 6) is -0.409. The van der Waals surface area contributed by atoms with Gasteiger partial charge in [-0.05, 0) is 70.6 Å². The van der Waals surface area contributed by atoms with E-state index in [2.05, 4.69) is 54.5 Å². The van der Waals surface area contributed by atoms with Crippen molar-refractivity contribution in [1.82, 2.24) is 0 Å². The maximum absolute atomic E-state index is 12.8. The highest BCUT2D eigenvalue weighted by Crippen LogP contribution is 2.26. The number of carbonyl (C=O) groups excluding carboxylic acids is 1. The van der Waals surface area contributed by atoms with Crippen LogP contribution in [0.4, 0.5) is 0 Å². The van der Waals surface area contributed by atoms with Crippen molar-refractivity contribution in [1.29, 1.82) is 0 Å². The predicted molar refractivity (Wildman–Crippen MR) is 248 cm³/mol. The van der Waals surface area contributed by atoms with Gasteiger partial charge in [-0.25, -0.2) is 4.18 Å². The fraction of sp³-hybridized carbons (Fsp3) is 0.857. The molecule has 0 aromatic carbocycles. The predicted octanol–water partition coefficient (Wildman–Crippen LogP) is 11.0. The van der Waals surface area contributed by atoms with E-state index in [4.69, 9.17) is 18.9 Å². The molecule has 1 aliphatic rings. The van der Waals surface area contributed by atoms with E-state index in [9.17, 15) is 33.1 Å². The van der Waals surface area contributed by atoms with Crippen LogP contribution in [0.25, 0.3) is 0 Å². The van der Waals surface area contributed by atoms with Crippen molar-refractivity contribution >= 4 is 16.4 Å². The molecule has 1 saturated heterocycles. The normalized spacial score (nSPS) is 20.3. The van der Waals surface area contributed by atoms with E-state index in [0.717, 1.165) is 64.2 Å². The lowest BCUT2D eigenvalue weighted by molar-refractivity contribution is -0.301. The quantitative estimate of drug-likeness (QED) is 0.0197. The molecule has 0 amide bonds. The van der Waals surface area contributed by atoms with Crippen LogP contribution in [-0.4, -0.2) is 97.5 Å². The Morgan fingerprint density at radius 2 is 1.06 bits per heavy atom. The van der Waals surface area contributed by atoms with Crippen LogP contribution in [0.15, 0.2) is 36.5 Å². The van der Waals surface area contributed by atoms with Crippen molar-refractivity contribution in [3.8, 4) is 0 Å². The Labute approximate surface area is 377 Å². The zero-order valence-electron chi connectivity index (χ0n) is 38.9. The van der Waals surface area contributed by atoms with E-state index in [0.29, 0.717) is 13.0 Å². The molecule has 364 valence electrons. The second-order valence-corrected chi connectivity index (χ2v) is 18.1. The third-order valence-electron chi connectivity index (χ3n) is 11.2. The molecule has 4 N–H and O–H groups in total. The molecule has 0 spiro atoms. The average molecular weight is 903 g/mol. The van der Waals surface area contributed by atoms with Crippen molar-refractivity contribution in [3.05, 3.63) is 36.5 Å². The smallest absolute Gasteiger partial charge is 0.397 e. The lowest BCUT2D eigenvalue weighted by Crippen LogP contribution is -2.60. The van der Waals surface area contributed by atoms with Gasteiger partial charge in [-0.1, -0.05) is 166 Å². The summed E-state index contributed by atoms with van der Waals surface area (Å²) in [6.45, 7) is 3.96. The highest BCUT2D eigenvalue weighted by Gasteiger charge is 2.48. The molecule has 12 nitrogen and oxygen atoms in total. The fourth-order valence-corrected chi connectivity index (χ4v) is 7.97. The number of ether oxygens (including phenoxy) is 4. The summed E-state index contributed by atoms with van der Waals surface area (Å²) in [4.78, 5) is 12.8. The van der Waals surface area contributed by atoms with Crippen LogP contribution in [0.2, 0.25) is 0 Å². The van der Waals surface area contributed by atoms with Crippen molar-refractivity contribution in [2.24, 2.45) is 0 Å². The number of allylic oxidation sites excluding steroid dienone is 6. The first-order valence-corrected chi connectivity index (χ1v) is 26.1. The zero-order chi connectivity index (χ0) is 45.4. The number of rotatable bonds is 43. The summed E-state index contributed by atoms with van der Waals surface area (Å²) in [5.41, 5.74) is 0. The molecular weight excluding hydrogens is 813 g/mol. The minimum absolute atomic E-state index is 0.0315. The molecule has 1 aliphatic heterocycles. The highest BCUT2D eigenvalue weighted by molar-refractivity contribution is 7.80. The maximum Gasteiger partial charge on any atom is 0.397 e. The molecule has 6 atom stereocenters. The van der Waals surface area contributed by atoms with Gasteiger partial charge in [-0.2, -0.15) is 8.42 Å². The molecule has 0 bridgehead atoms. The number of aliphatic hydroxyl groups is 3. The first kappa shape index (κ1) is 58.3. The highest BCUT2D eigenvalue weighted by atomic mass is 32.3. The van der Waals surface area contributed by atoms with Gasteiger partial charge < -0.3 is 34.3 Å². The number of carbonyl (C=O) groups is 1. The summed E-state index contributed by atoms with van der Waals surface area (Å²) in [6.07, 6.45) is 38.9. The van der Waals surface area contributed by atoms with E-state index >= 15 is 0 Å². The number of esters is 1. The number of hydrogen-bond donors (Lipinski definition) is 4. The molecule has 0 aromatic rings. The standard InChI is InChI=1S/C49H90O12S/c1-3-5-7-9-11-13-15-17-18-19-20-21-22-23-24-25-27-29-31-33-35-37-39-57-41-43(42-58-49-47(53)48(61-62(54,55)56)46(52)44(40-50)60-49)59-45(51)38-36-34-32-30-28-26-16-14-12-10-8-6-4-2/h14-17,19-20,43-44,46-50,52-53H,3-13,18,21-42H2,1-2H3,(H,54,55,56)/b16-14-,17-15-,20-19-. The average Bonchev–Trinajstić information content (AvgIpc) is 3.24. The van der Waals surface area contributed by atoms with E-state index < -0.39 is 59.8 Å². The lowest BCUT2D eigenvalue weighted by atomic mass is 9.99. The zero-order valence-corrected chi connectivity index (χ0v) is 39.7. The summed E-state index contributed by atoms with van der Waals surface area (Å²) >= 11 is 0. The van der Waals surface area contributed by atoms with Gasteiger partial charge >= 0.3 is 16.4 Å². The van der Waals surface area contributed by atoms with Gasteiger partial charge in [-0.3, -0.25) is 9.35 Å². The van der Waals surface area contributed by atoms with Crippen LogP contribution in [0, 0.1) is 0 Å². The minimum Gasteiger partial charge on any atom is -0.457 e. The van der Waals surface area contributed by atoms with Crippen molar-refractivity contribution in [2.75, 3.05) is 26.4 Å². The molecule has 0 radical (unpaired) electrons. The van der Waals surface area contributed by atoms with Crippen molar-refractivity contribution < 1.29 is 56.2 Å².